The van der Waals surface area contributed by atoms with Crippen molar-refractivity contribution in [3.05, 3.63) is 65.2 Å². The third-order valence-corrected chi connectivity index (χ3v) is 4.09. The molecule has 0 atom stereocenters. The summed E-state index contributed by atoms with van der Waals surface area (Å²) in [5.74, 6) is 2.13. The third-order valence-electron chi connectivity index (χ3n) is 3.20. The largest absolute Gasteiger partial charge is 0.497 e. The molecule has 0 bridgehead atoms. The first kappa shape index (κ1) is 14.4. The maximum Gasteiger partial charge on any atom is 0.251 e. The molecule has 2 aromatic heterocycles. The van der Waals surface area contributed by atoms with E-state index >= 15 is 0 Å². The number of carbonyl (C=O) groups excluding carboxylic acids is 1. The second kappa shape index (κ2) is 6.49. The van der Waals surface area contributed by atoms with E-state index in [2.05, 4.69) is 5.32 Å². The van der Waals surface area contributed by atoms with Gasteiger partial charge in [-0.05, 0) is 47.8 Å². The molecule has 4 nitrogen and oxygen atoms in total. The zero-order valence-electron chi connectivity index (χ0n) is 12.0. The van der Waals surface area contributed by atoms with Crippen molar-refractivity contribution >= 4 is 17.2 Å². The highest BCUT2D eigenvalue weighted by molar-refractivity contribution is 7.13. The summed E-state index contributed by atoms with van der Waals surface area (Å²) in [5.41, 5.74) is 0.589. The number of benzene rings is 1. The van der Waals surface area contributed by atoms with Crippen LogP contribution in [0.1, 0.15) is 16.1 Å². The maximum absolute atomic E-state index is 12.1. The van der Waals surface area contributed by atoms with Gasteiger partial charge in [-0.1, -0.05) is 6.07 Å². The third kappa shape index (κ3) is 3.20. The lowest BCUT2D eigenvalue weighted by molar-refractivity contribution is 0.0948. The molecule has 112 valence electrons. The smallest absolute Gasteiger partial charge is 0.251 e. The summed E-state index contributed by atoms with van der Waals surface area (Å²) in [6.07, 6.45) is 0. The maximum atomic E-state index is 12.1. The Kier molecular flexibility index (Phi) is 4.25. The lowest BCUT2D eigenvalue weighted by atomic mass is 10.2. The monoisotopic (exact) mass is 313 g/mol. The number of nitrogens with one attached hydrogen (secondary N) is 1. The number of carbonyl (C=O) groups is 1. The Morgan fingerprint density at radius 2 is 2.00 bits per heavy atom. The average Bonchev–Trinajstić information content (AvgIpc) is 3.23. The topological polar surface area (TPSA) is 51.5 Å². The molecule has 5 heteroatoms. The number of rotatable bonds is 5. The summed E-state index contributed by atoms with van der Waals surface area (Å²) in [6.45, 7) is 0.357. The van der Waals surface area contributed by atoms with Crippen molar-refractivity contribution in [3.63, 3.8) is 0 Å². The molecule has 3 aromatic rings. The molecule has 3 rings (SSSR count). The fraction of sp³-hybridized carbons (Fsp3) is 0.118. The summed E-state index contributed by atoms with van der Waals surface area (Å²) < 4.78 is 10.8. The van der Waals surface area contributed by atoms with E-state index in [4.69, 9.17) is 9.15 Å². The molecule has 0 saturated carbocycles. The molecule has 0 aliphatic rings. The molecule has 0 aliphatic heterocycles. The number of amides is 1. The van der Waals surface area contributed by atoms with E-state index in [0.29, 0.717) is 12.1 Å². The Labute approximate surface area is 132 Å². The number of hydrogen-bond donors (Lipinski definition) is 1. The zero-order chi connectivity index (χ0) is 15.4. The van der Waals surface area contributed by atoms with Crippen molar-refractivity contribution in [1.29, 1.82) is 0 Å². The Morgan fingerprint density at radius 1 is 1.18 bits per heavy atom. The first-order valence-electron chi connectivity index (χ1n) is 6.81. The molecule has 1 amide bonds. The second-order valence-corrected chi connectivity index (χ2v) is 5.60. The lowest BCUT2D eigenvalue weighted by Gasteiger charge is -2.04. The lowest BCUT2D eigenvalue weighted by Crippen LogP contribution is -2.22. The average molecular weight is 313 g/mol. The van der Waals surface area contributed by atoms with Gasteiger partial charge >= 0.3 is 0 Å². The number of hydrogen-bond acceptors (Lipinski definition) is 4. The van der Waals surface area contributed by atoms with Crippen molar-refractivity contribution in [2.24, 2.45) is 0 Å². The highest BCUT2D eigenvalue weighted by atomic mass is 32.1. The van der Waals surface area contributed by atoms with Crippen molar-refractivity contribution in [2.45, 2.75) is 6.54 Å². The van der Waals surface area contributed by atoms with Crippen LogP contribution >= 0.6 is 11.3 Å². The van der Waals surface area contributed by atoms with Gasteiger partial charge < -0.3 is 14.5 Å². The van der Waals surface area contributed by atoms with E-state index in [1.54, 1.807) is 42.7 Å². The van der Waals surface area contributed by atoms with Crippen LogP contribution in [0.25, 0.3) is 10.6 Å². The van der Waals surface area contributed by atoms with Crippen molar-refractivity contribution in [2.75, 3.05) is 7.11 Å². The summed E-state index contributed by atoms with van der Waals surface area (Å²) >= 11 is 1.62. The van der Waals surface area contributed by atoms with Crippen molar-refractivity contribution < 1.29 is 13.9 Å². The van der Waals surface area contributed by atoms with Gasteiger partial charge in [0.15, 0.2) is 0 Å². The SMILES string of the molecule is COc1ccc(C(=O)NCc2ccc(-c3cccs3)o2)cc1. The highest BCUT2D eigenvalue weighted by Crippen LogP contribution is 2.26. The molecule has 1 aromatic carbocycles. The molecule has 0 saturated heterocycles. The fourth-order valence-electron chi connectivity index (χ4n) is 2.04. The summed E-state index contributed by atoms with van der Waals surface area (Å²) in [4.78, 5) is 13.1. The molecule has 2 heterocycles. The molecule has 0 unspecified atom stereocenters. The van der Waals surface area contributed by atoms with Crippen LogP contribution in [0.4, 0.5) is 0 Å². The number of methoxy groups -OCH3 is 1. The van der Waals surface area contributed by atoms with E-state index in [1.165, 1.54) is 0 Å². The fourth-order valence-corrected chi connectivity index (χ4v) is 2.72. The predicted molar refractivity (Wildman–Crippen MR) is 86.2 cm³/mol. The van der Waals surface area contributed by atoms with Crippen molar-refractivity contribution in [1.82, 2.24) is 5.32 Å². The van der Waals surface area contributed by atoms with E-state index in [-0.39, 0.29) is 5.91 Å². The van der Waals surface area contributed by atoms with E-state index in [0.717, 1.165) is 22.1 Å². The normalized spacial score (nSPS) is 10.4. The summed E-state index contributed by atoms with van der Waals surface area (Å²) in [7, 11) is 1.59. The van der Waals surface area contributed by atoms with Gasteiger partial charge in [-0.15, -0.1) is 11.3 Å². The van der Waals surface area contributed by atoms with Crippen LogP contribution in [0.2, 0.25) is 0 Å². The van der Waals surface area contributed by atoms with Crippen LogP contribution in [-0.4, -0.2) is 13.0 Å². The molecule has 1 N–H and O–H groups in total. The highest BCUT2D eigenvalue weighted by Gasteiger charge is 2.09. The van der Waals surface area contributed by atoms with Crippen LogP contribution < -0.4 is 10.1 Å². The van der Waals surface area contributed by atoms with Gasteiger partial charge in [0.25, 0.3) is 5.91 Å². The Balaban J connectivity index is 1.61. The molecular formula is C17H15NO3S. The van der Waals surface area contributed by atoms with Gasteiger partial charge in [0.2, 0.25) is 0 Å². The van der Waals surface area contributed by atoms with Gasteiger partial charge in [0.1, 0.15) is 17.3 Å². The van der Waals surface area contributed by atoms with Gasteiger partial charge in [-0.2, -0.15) is 0 Å². The first-order chi connectivity index (χ1) is 10.8. The molecule has 22 heavy (non-hydrogen) atoms. The number of thiophene rings is 1. The van der Waals surface area contributed by atoms with Crippen LogP contribution in [0.5, 0.6) is 5.75 Å². The molecule has 0 aliphatic carbocycles. The first-order valence-corrected chi connectivity index (χ1v) is 7.69. The molecule has 0 radical (unpaired) electrons. The van der Waals surface area contributed by atoms with Crippen molar-refractivity contribution in [3.8, 4) is 16.4 Å². The molecular weight excluding hydrogens is 298 g/mol. The minimum absolute atomic E-state index is 0.142. The Hall–Kier alpha value is -2.53. The van der Waals surface area contributed by atoms with Crippen LogP contribution in [0, 0.1) is 0 Å². The second-order valence-electron chi connectivity index (χ2n) is 4.65. The predicted octanol–water partition coefficient (Wildman–Crippen LogP) is 3.95. The van der Waals surface area contributed by atoms with Gasteiger partial charge in [-0.3, -0.25) is 4.79 Å². The standard InChI is InChI=1S/C17H15NO3S/c1-20-13-6-4-12(5-7-13)17(19)18-11-14-8-9-15(21-14)16-3-2-10-22-16/h2-10H,11H2,1H3,(H,18,19). The molecule has 0 spiro atoms. The zero-order valence-corrected chi connectivity index (χ0v) is 12.9. The minimum atomic E-state index is -0.142. The van der Waals surface area contributed by atoms with Crippen LogP contribution in [0.3, 0.4) is 0 Å². The Morgan fingerprint density at radius 3 is 2.68 bits per heavy atom. The van der Waals surface area contributed by atoms with Crippen LogP contribution in [-0.2, 0) is 6.54 Å². The molecule has 0 fully saturated rings. The van der Waals surface area contributed by atoms with Gasteiger partial charge in [-0.25, -0.2) is 0 Å². The van der Waals surface area contributed by atoms with Gasteiger partial charge in [0.05, 0.1) is 18.5 Å². The number of furan rings is 1. The van der Waals surface area contributed by atoms with Crippen LogP contribution in [0.15, 0.2) is 58.3 Å². The van der Waals surface area contributed by atoms with E-state index in [1.807, 2.05) is 29.6 Å². The van der Waals surface area contributed by atoms with E-state index < -0.39 is 0 Å². The van der Waals surface area contributed by atoms with Gasteiger partial charge in [0, 0.05) is 5.56 Å². The quantitative estimate of drug-likeness (QED) is 0.776. The minimum Gasteiger partial charge on any atom is -0.497 e. The summed E-state index contributed by atoms with van der Waals surface area (Å²) in [6, 6.07) is 14.8. The Bertz CT molecular complexity index is 745. The summed E-state index contributed by atoms with van der Waals surface area (Å²) in [5, 5.41) is 4.84. The van der Waals surface area contributed by atoms with E-state index in [9.17, 15) is 4.79 Å². The number of ether oxygens (including phenoxy) is 1.